The molecule has 1 aromatic rings. The predicted molar refractivity (Wildman–Crippen MR) is 69.3 cm³/mol. The summed E-state index contributed by atoms with van der Waals surface area (Å²) in [6, 6.07) is 2.80. The van der Waals surface area contributed by atoms with Gasteiger partial charge >= 0.3 is 0 Å². The summed E-state index contributed by atoms with van der Waals surface area (Å²) >= 11 is 1.71. The first kappa shape index (κ1) is 12.7. The lowest BCUT2D eigenvalue weighted by atomic mass is 10.4. The van der Waals surface area contributed by atoms with Crippen molar-refractivity contribution < 1.29 is 8.42 Å². The van der Waals surface area contributed by atoms with E-state index in [0.29, 0.717) is 6.54 Å². The molecule has 0 atom stereocenters. The van der Waals surface area contributed by atoms with Gasteiger partial charge in [0.05, 0.1) is 4.90 Å². The summed E-state index contributed by atoms with van der Waals surface area (Å²) in [7, 11) is -3.47. The number of anilines is 1. The number of sulfonamides is 1. The molecule has 0 saturated heterocycles. The average Bonchev–Trinajstić information content (AvgIpc) is 3.07. The summed E-state index contributed by atoms with van der Waals surface area (Å²) in [5, 5.41) is 0. The molecular weight excluding hydrogens is 258 g/mol. The van der Waals surface area contributed by atoms with E-state index in [9.17, 15) is 8.42 Å². The van der Waals surface area contributed by atoms with E-state index >= 15 is 0 Å². The molecule has 3 N–H and O–H groups in total. The van der Waals surface area contributed by atoms with Gasteiger partial charge in [-0.05, 0) is 25.2 Å². The molecule has 1 aliphatic carbocycles. The van der Waals surface area contributed by atoms with Crippen LogP contribution in [0.25, 0.3) is 0 Å². The number of aromatic nitrogens is 1. The van der Waals surface area contributed by atoms with Crippen molar-refractivity contribution >= 4 is 27.6 Å². The Morgan fingerprint density at radius 3 is 2.82 bits per heavy atom. The van der Waals surface area contributed by atoms with Gasteiger partial charge in [-0.25, -0.2) is 18.1 Å². The maximum atomic E-state index is 12.0. The minimum absolute atomic E-state index is 0.103. The highest BCUT2D eigenvalue weighted by molar-refractivity contribution is 8.00. The number of hydrogen-bond donors (Lipinski definition) is 2. The van der Waals surface area contributed by atoms with Gasteiger partial charge in [-0.2, -0.15) is 11.8 Å². The van der Waals surface area contributed by atoms with Gasteiger partial charge in [0.2, 0.25) is 10.0 Å². The van der Waals surface area contributed by atoms with Crippen LogP contribution in [0.15, 0.2) is 23.2 Å². The minimum Gasteiger partial charge on any atom is -0.384 e. The molecule has 1 heterocycles. The molecule has 17 heavy (non-hydrogen) atoms. The first-order valence-corrected chi connectivity index (χ1v) is 7.95. The average molecular weight is 273 g/mol. The number of nitrogens with zero attached hydrogens (tertiary/aromatic N) is 1. The van der Waals surface area contributed by atoms with E-state index in [2.05, 4.69) is 9.71 Å². The van der Waals surface area contributed by atoms with E-state index in [1.165, 1.54) is 18.3 Å². The SMILES string of the molecule is CSC1(CNS(=O)(=O)c2ccnc(N)c2)CC1. The number of pyridine rings is 1. The van der Waals surface area contributed by atoms with Gasteiger partial charge in [0.15, 0.2) is 0 Å². The standard InChI is InChI=1S/C10H15N3O2S2/c1-16-10(3-4-10)7-13-17(14,15)8-2-5-12-9(11)6-8/h2,5-6,13H,3-4,7H2,1H3,(H2,11,12). The lowest BCUT2D eigenvalue weighted by Crippen LogP contribution is -2.31. The Labute approximate surface area is 105 Å². The van der Waals surface area contributed by atoms with Crippen molar-refractivity contribution in [1.29, 1.82) is 0 Å². The minimum atomic E-state index is -3.47. The van der Waals surface area contributed by atoms with E-state index in [0.717, 1.165) is 12.8 Å². The summed E-state index contributed by atoms with van der Waals surface area (Å²) in [5.41, 5.74) is 5.47. The van der Waals surface area contributed by atoms with Crippen molar-refractivity contribution in [3.05, 3.63) is 18.3 Å². The van der Waals surface area contributed by atoms with Crippen LogP contribution < -0.4 is 10.5 Å². The lowest BCUT2D eigenvalue weighted by Gasteiger charge is -2.13. The monoisotopic (exact) mass is 273 g/mol. The van der Waals surface area contributed by atoms with Crippen molar-refractivity contribution in [1.82, 2.24) is 9.71 Å². The number of nitrogens with one attached hydrogen (secondary N) is 1. The number of thioether (sulfide) groups is 1. The lowest BCUT2D eigenvalue weighted by molar-refractivity contribution is 0.579. The molecule has 1 aliphatic rings. The highest BCUT2D eigenvalue weighted by Crippen LogP contribution is 2.46. The largest absolute Gasteiger partial charge is 0.384 e. The van der Waals surface area contributed by atoms with Crippen LogP contribution >= 0.6 is 11.8 Å². The second kappa shape index (κ2) is 4.47. The number of hydrogen-bond acceptors (Lipinski definition) is 5. The molecular formula is C10H15N3O2S2. The zero-order valence-electron chi connectivity index (χ0n) is 9.51. The van der Waals surface area contributed by atoms with Crippen LogP contribution in [-0.2, 0) is 10.0 Å². The van der Waals surface area contributed by atoms with Crippen LogP contribution in [0.2, 0.25) is 0 Å². The fourth-order valence-electron chi connectivity index (χ4n) is 1.50. The van der Waals surface area contributed by atoms with Crippen LogP contribution in [0.1, 0.15) is 12.8 Å². The van der Waals surface area contributed by atoms with Crippen LogP contribution in [0.3, 0.4) is 0 Å². The quantitative estimate of drug-likeness (QED) is 0.830. The first-order chi connectivity index (χ1) is 7.97. The molecule has 7 heteroatoms. The van der Waals surface area contributed by atoms with E-state index < -0.39 is 10.0 Å². The van der Waals surface area contributed by atoms with Crippen molar-refractivity contribution in [2.24, 2.45) is 0 Å². The number of rotatable bonds is 5. The third-order valence-electron chi connectivity index (χ3n) is 2.89. The van der Waals surface area contributed by atoms with Crippen LogP contribution in [0.5, 0.6) is 0 Å². The van der Waals surface area contributed by atoms with Gasteiger partial charge in [-0.15, -0.1) is 0 Å². The number of nitrogen functional groups attached to an aromatic ring is 1. The fraction of sp³-hybridized carbons (Fsp3) is 0.500. The second-order valence-electron chi connectivity index (χ2n) is 4.13. The third kappa shape index (κ3) is 2.91. The third-order valence-corrected chi connectivity index (χ3v) is 5.71. The summed E-state index contributed by atoms with van der Waals surface area (Å²) in [6.45, 7) is 0.471. The molecule has 94 valence electrons. The summed E-state index contributed by atoms with van der Waals surface area (Å²) in [6.07, 6.45) is 5.53. The van der Waals surface area contributed by atoms with Crippen molar-refractivity contribution in [2.75, 3.05) is 18.5 Å². The van der Waals surface area contributed by atoms with Crippen molar-refractivity contribution in [3.8, 4) is 0 Å². The molecule has 0 bridgehead atoms. The van der Waals surface area contributed by atoms with E-state index in [1.807, 2.05) is 6.26 Å². The molecule has 0 unspecified atom stereocenters. The van der Waals surface area contributed by atoms with E-state index in [1.54, 1.807) is 11.8 Å². The topological polar surface area (TPSA) is 85.1 Å². The van der Waals surface area contributed by atoms with Gasteiger partial charge in [0.25, 0.3) is 0 Å². The zero-order chi connectivity index (χ0) is 12.5. The summed E-state index contributed by atoms with van der Waals surface area (Å²) in [5.74, 6) is 0.207. The van der Waals surface area contributed by atoms with Gasteiger partial charge in [-0.1, -0.05) is 0 Å². The Kier molecular flexibility index (Phi) is 3.33. The second-order valence-corrected chi connectivity index (χ2v) is 7.17. The van der Waals surface area contributed by atoms with Gasteiger partial charge in [0, 0.05) is 23.6 Å². The van der Waals surface area contributed by atoms with E-state index in [-0.39, 0.29) is 15.5 Å². The van der Waals surface area contributed by atoms with Crippen LogP contribution in [0.4, 0.5) is 5.82 Å². The highest BCUT2D eigenvalue weighted by Gasteiger charge is 2.42. The normalized spacial score (nSPS) is 17.9. The summed E-state index contributed by atoms with van der Waals surface area (Å²) < 4.78 is 26.7. The molecule has 0 aliphatic heterocycles. The van der Waals surface area contributed by atoms with Crippen molar-refractivity contribution in [2.45, 2.75) is 22.5 Å². The predicted octanol–water partition coefficient (Wildman–Crippen LogP) is 0.838. The Morgan fingerprint density at radius 1 is 1.59 bits per heavy atom. The first-order valence-electron chi connectivity index (χ1n) is 5.24. The molecule has 0 amide bonds. The van der Waals surface area contributed by atoms with Gasteiger partial charge < -0.3 is 5.73 Å². The maximum Gasteiger partial charge on any atom is 0.240 e. The van der Waals surface area contributed by atoms with Crippen molar-refractivity contribution in [3.63, 3.8) is 0 Å². The van der Waals surface area contributed by atoms with Crippen LogP contribution in [0, 0.1) is 0 Å². The molecule has 0 aromatic carbocycles. The number of nitrogens with two attached hydrogens (primary N) is 1. The Balaban J connectivity index is 2.09. The Morgan fingerprint density at radius 2 is 2.29 bits per heavy atom. The van der Waals surface area contributed by atoms with Gasteiger partial charge in [0.1, 0.15) is 5.82 Å². The molecule has 2 rings (SSSR count). The Hall–Kier alpha value is -0.790. The molecule has 0 radical (unpaired) electrons. The summed E-state index contributed by atoms with van der Waals surface area (Å²) in [4.78, 5) is 3.94. The smallest absolute Gasteiger partial charge is 0.240 e. The Bertz CT molecular complexity index is 512. The van der Waals surface area contributed by atoms with Crippen LogP contribution in [-0.4, -0.2) is 30.9 Å². The molecule has 5 nitrogen and oxygen atoms in total. The molecule has 1 aromatic heterocycles. The molecule has 1 fully saturated rings. The molecule has 1 saturated carbocycles. The zero-order valence-corrected chi connectivity index (χ0v) is 11.1. The fourth-order valence-corrected chi connectivity index (χ4v) is 3.46. The maximum absolute atomic E-state index is 12.0. The van der Waals surface area contributed by atoms with E-state index in [4.69, 9.17) is 5.73 Å². The highest BCUT2D eigenvalue weighted by atomic mass is 32.2. The van der Waals surface area contributed by atoms with Gasteiger partial charge in [-0.3, -0.25) is 0 Å². The molecule has 0 spiro atoms.